The van der Waals surface area contributed by atoms with Crippen molar-refractivity contribution >= 4 is 52.4 Å². The van der Waals surface area contributed by atoms with E-state index in [-0.39, 0.29) is 23.6 Å². The van der Waals surface area contributed by atoms with Gasteiger partial charge in [-0.25, -0.2) is 0 Å². The molecule has 0 radical (unpaired) electrons. The standard InChI is InChI=1S/C52H55N6O8/c1-44(2)19-15-25-29(65-44)13-11-27-33-36-50-28-12-14-30-26(16-20-45(3,4)66-30)35(28)58(64)38(50)47(7,8)31-23-48-17-9-21-54(48)42(61)51(31,53-40(48)59)39(50)56-41(60)49-18-10-22-55(49)43(62)52(36,56)32(24-49)46(5,6)37(33)57(63)34(25)27/h11-16,19-20,31-32,36,38-39,63H,9-10,17-18,21-24H2,1-8H3,(H,53,59)/q-1/t31-,32-,36+,38?,39-,48-,49-,50-,51+,52+/m0/s1. The minimum absolute atomic E-state index is 0.163. The second kappa shape index (κ2) is 10.5. The molecular weight excluding hydrogens is 837 g/mol. The molecule has 17 rings (SSSR count). The number of hydroxylamine groups is 1. The summed E-state index contributed by atoms with van der Waals surface area (Å²) in [5, 5.41) is 35.0. The second-order valence-electron chi connectivity index (χ2n) is 24.5. The van der Waals surface area contributed by atoms with Gasteiger partial charge in [0.2, 0.25) is 17.7 Å². The SMILES string of the molecule is CC1(C)C=Cc2c(ccc3c2N([O-])C2C(C)(C)[C@@H]4C[C@]56CCCN5C(=O)[C@]4(NC6=O)[C@H]4N5C(=O)[C@@]67CCCN6C(=O)[C@@]56[C@H](c5c(n(O)c8c9c(ccc58)OC(C)(C)C=C9)C(C)(C)[C@@H]6C7)[C@@]324)O1. The highest BCUT2D eigenvalue weighted by Gasteiger charge is 2.94. The topological polar surface area (TPSA) is 160 Å². The van der Waals surface area contributed by atoms with Crippen molar-refractivity contribution < 1.29 is 33.9 Å². The number of ether oxygens (including phenoxy) is 2. The Morgan fingerprint density at radius 1 is 0.742 bits per heavy atom. The number of nitrogens with zero attached hydrogens (tertiary/aromatic N) is 5. The lowest BCUT2D eigenvalue weighted by molar-refractivity contribution is -0.217. The summed E-state index contributed by atoms with van der Waals surface area (Å²) in [6.07, 6.45) is 10.9. The molecule has 14 nitrogen and oxygen atoms in total. The molecule has 2 aromatic carbocycles. The third-order valence-corrected chi connectivity index (χ3v) is 20.3. The van der Waals surface area contributed by atoms with Crippen molar-refractivity contribution in [3.63, 3.8) is 0 Å². The van der Waals surface area contributed by atoms with Crippen molar-refractivity contribution in [1.29, 1.82) is 0 Å². The van der Waals surface area contributed by atoms with E-state index in [9.17, 15) is 5.21 Å². The number of hydrogen-bond acceptors (Lipinski definition) is 9. The molecule has 13 heterocycles. The first-order valence-corrected chi connectivity index (χ1v) is 24.2. The van der Waals surface area contributed by atoms with Gasteiger partial charge in [0.05, 0.1) is 22.7 Å². The number of amides is 4. The molecule has 5 spiro atoms. The molecule has 12 aliphatic heterocycles. The maximum absolute atomic E-state index is 16.8. The molecule has 1 aromatic heterocycles. The second-order valence-corrected chi connectivity index (χ2v) is 24.5. The van der Waals surface area contributed by atoms with Gasteiger partial charge in [-0.1, -0.05) is 33.8 Å². The number of benzene rings is 2. The van der Waals surface area contributed by atoms with Crippen LogP contribution in [-0.2, 0) is 30.0 Å². The molecule has 2 N–H and O–H groups in total. The van der Waals surface area contributed by atoms with Gasteiger partial charge in [0.1, 0.15) is 44.9 Å². The van der Waals surface area contributed by atoms with Crippen LogP contribution in [0.3, 0.4) is 0 Å². The van der Waals surface area contributed by atoms with Crippen LogP contribution >= 0.6 is 0 Å². The van der Waals surface area contributed by atoms with Crippen molar-refractivity contribution in [2.45, 2.75) is 156 Å². The number of nitrogens with one attached hydrogen (secondary N) is 1. The van der Waals surface area contributed by atoms with Crippen LogP contribution < -0.4 is 19.9 Å². The van der Waals surface area contributed by atoms with Gasteiger partial charge >= 0.3 is 0 Å². The summed E-state index contributed by atoms with van der Waals surface area (Å²) in [6.45, 7) is 17.1. The number of anilines is 1. The highest BCUT2D eigenvalue weighted by molar-refractivity contribution is 6.12. The molecule has 2 aliphatic carbocycles. The fourth-order valence-electron chi connectivity index (χ4n) is 18.4. The Bertz CT molecular complexity index is 3060. The number of piperazine rings is 2. The Labute approximate surface area is 382 Å². The highest BCUT2D eigenvalue weighted by atomic mass is 16.5. The van der Waals surface area contributed by atoms with E-state index < -0.39 is 79.4 Å². The summed E-state index contributed by atoms with van der Waals surface area (Å²) in [5.74, 6) is -1.76. The summed E-state index contributed by atoms with van der Waals surface area (Å²) in [4.78, 5) is 70.5. The molecule has 3 aromatic rings. The van der Waals surface area contributed by atoms with Crippen LogP contribution in [0.1, 0.15) is 128 Å². The number of piperidine rings is 4. The minimum atomic E-state index is -1.71. The van der Waals surface area contributed by atoms with Gasteiger partial charge in [0, 0.05) is 64.5 Å². The van der Waals surface area contributed by atoms with Gasteiger partial charge in [0.15, 0.2) is 0 Å². The Balaban J connectivity index is 1.16. The first-order chi connectivity index (χ1) is 31.1. The number of carbonyl (C=O) groups is 4. The Hall–Kier alpha value is -5.50. The first-order valence-electron chi connectivity index (χ1n) is 24.2. The molecule has 1 saturated carbocycles. The van der Waals surface area contributed by atoms with Crippen molar-refractivity contribution in [2.24, 2.45) is 17.3 Å². The molecule has 14 heteroatoms. The van der Waals surface area contributed by atoms with Gasteiger partial charge in [-0.3, -0.25) is 19.2 Å². The van der Waals surface area contributed by atoms with E-state index in [0.29, 0.717) is 108 Å². The lowest BCUT2D eigenvalue weighted by Crippen LogP contribution is -2.93. The van der Waals surface area contributed by atoms with E-state index in [1.807, 2.05) is 91.0 Å². The number of fused-ring (bicyclic) bond motifs is 10. The lowest BCUT2D eigenvalue weighted by Gasteiger charge is -2.73. The normalized spacial score (nSPS) is 41.6. The number of hydrogen-bond donors (Lipinski definition) is 2. The zero-order valence-corrected chi connectivity index (χ0v) is 38.7. The molecule has 9 saturated heterocycles. The van der Waals surface area contributed by atoms with E-state index in [1.54, 1.807) is 0 Å². The molecule has 14 aliphatic rings. The molecule has 10 fully saturated rings. The molecule has 4 amide bonds. The molecular formula is C52H55N6O8-. The van der Waals surface area contributed by atoms with Crippen molar-refractivity contribution in [3.05, 3.63) is 69.6 Å². The number of aromatic nitrogens is 1. The number of carbonyl (C=O) groups excluding carboxylic acids is 4. The fourth-order valence-corrected chi connectivity index (χ4v) is 18.4. The zero-order valence-electron chi connectivity index (χ0n) is 38.7. The van der Waals surface area contributed by atoms with E-state index in [1.165, 1.54) is 9.79 Å². The average Bonchev–Trinajstić information content (AvgIpc) is 4.05. The van der Waals surface area contributed by atoms with Gasteiger partial charge in [-0.15, -0.1) is 0 Å². The van der Waals surface area contributed by atoms with E-state index >= 15 is 24.4 Å². The quantitative estimate of drug-likeness (QED) is 0.263. The fraction of sp³-hybridized carbons (Fsp3) is 0.577. The smallest absolute Gasteiger partial charge is 0.251 e. The third kappa shape index (κ3) is 3.43. The van der Waals surface area contributed by atoms with E-state index in [4.69, 9.17) is 9.47 Å². The number of rotatable bonds is 0. The summed E-state index contributed by atoms with van der Waals surface area (Å²) in [6, 6.07) is 5.68. The van der Waals surface area contributed by atoms with Crippen LogP contribution in [-0.4, -0.2) is 107 Å². The van der Waals surface area contributed by atoms with Gasteiger partial charge < -0.3 is 45.0 Å². The summed E-state index contributed by atoms with van der Waals surface area (Å²) < 4.78 is 14.5. The molecule has 10 atom stereocenters. The maximum Gasteiger partial charge on any atom is 0.251 e. The summed E-state index contributed by atoms with van der Waals surface area (Å²) >= 11 is 0. The predicted molar refractivity (Wildman–Crippen MR) is 242 cm³/mol. The van der Waals surface area contributed by atoms with E-state index in [2.05, 4.69) is 33.0 Å². The highest BCUT2D eigenvalue weighted by Crippen LogP contribution is 2.82. The molecule has 1 unspecified atom stereocenters. The maximum atomic E-state index is 16.8. The summed E-state index contributed by atoms with van der Waals surface area (Å²) in [7, 11) is 0. The van der Waals surface area contributed by atoms with Crippen molar-refractivity contribution in [2.75, 3.05) is 18.2 Å². The van der Waals surface area contributed by atoms with Crippen molar-refractivity contribution in [1.82, 2.24) is 24.7 Å². The van der Waals surface area contributed by atoms with Gasteiger partial charge in [-0.2, -0.15) is 4.73 Å². The Morgan fingerprint density at radius 2 is 1.36 bits per heavy atom. The van der Waals surface area contributed by atoms with Crippen LogP contribution in [0, 0.1) is 22.5 Å². The monoisotopic (exact) mass is 891 g/mol. The van der Waals surface area contributed by atoms with Crippen LogP contribution in [0.5, 0.6) is 11.5 Å². The minimum Gasteiger partial charge on any atom is -0.758 e. The van der Waals surface area contributed by atoms with Crippen LogP contribution in [0.4, 0.5) is 5.69 Å². The molecule has 342 valence electrons. The summed E-state index contributed by atoms with van der Waals surface area (Å²) in [5.41, 5.74) is -6.16. The average molecular weight is 892 g/mol. The van der Waals surface area contributed by atoms with Gasteiger partial charge in [-0.05, 0) is 125 Å². The van der Waals surface area contributed by atoms with Crippen LogP contribution in [0.2, 0.25) is 0 Å². The lowest BCUT2D eigenvalue weighted by atomic mass is 9.38. The molecule has 4 bridgehead atoms. The Kier molecular flexibility index (Phi) is 6.12. The predicted octanol–water partition coefficient (Wildman–Crippen LogP) is 5.88. The van der Waals surface area contributed by atoms with E-state index in [0.717, 1.165) is 0 Å². The third-order valence-electron chi connectivity index (χ3n) is 20.3. The van der Waals surface area contributed by atoms with Gasteiger partial charge in [0.25, 0.3) is 5.91 Å². The largest absolute Gasteiger partial charge is 0.758 e. The van der Waals surface area contributed by atoms with Crippen LogP contribution in [0.25, 0.3) is 23.1 Å². The Morgan fingerprint density at radius 3 is 2.08 bits per heavy atom. The molecule has 66 heavy (non-hydrogen) atoms. The van der Waals surface area contributed by atoms with Crippen LogP contribution in [0.15, 0.2) is 36.4 Å². The zero-order chi connectivity index (χ0) is 45.8. The van der Waals surface area contributed by atoms with Crippen molar-refractivity contribution in [3.8, 4) is 11.5 Å². The first kappa shape index (κ1) is 38.6.